The van der Waals surface area contributed by atoms with E-state index in [2.05, 4.69) is 11.8 Å². The third-order valence-corrected chi connectivity index (χ3v) is 1.71. The lowest BCUT2D eigenvalue weighted by atomic mass is 10.3. The van der Waals surface area contributed by atoms with E-state index in [1.165, 1.54) is 0 Å². The van der Waals surface area contributed by atoms with Crippen molar-refractivity contribution in [2.24, 2.45) is 5.73 Å². The van der Waals surface area contributed by atoms with Crippen LogP contribution >= 0.6 is 11.3 Å². The molecule has 0 fully saturated rings. The van der Waals surface area contributed by atoms with Crippen molar-refractivity contribution in [3.8, 4) is 11.8 Å². The zero-order valence-corrected chi connectivity index (χ0v) is 6.45. The number of hydrogen-bond donors (Lipinski definition) is 1. The van der Waals surface area contributed by atoms with Crippen molar-refractivity contribution in [1.82, 2.24) is 0 Å². The number of hydrogen-bond acceptors (Lipinski definition) is 2. The third kappa shape index (κ3) is 2.22. The van der Waals surface area contributed by atoms with Crippen molar-refractivity contribution >= 4 is 11.3 Å². The van der Waals surface area contributed by atoms with E-state index in [4.69, 9.17) is 5.73 Å². The van der Waals surface area contributed by atoms with Gasteiger partial charge in [0.1, 0.15) is 0 Å². The maximum absolute atomic E-state index is 5.27. The highest BCUT2D eigenvalue weighted by atomic mass is 32.1. The minimum atomic E-state index is 0.650. The predicted molar refractivity (Wildman–Crippen MR) is 44.9 cm³/mol. The molecule has 1 heterocycles. The van der Waals surface area contributed by atoms with Crippen LogP contribution in [0.15, 0.2) is 16.8 Å². The molecule has 2 heteroatoms. The Morgan fingerprint density at radius 1 is 1.60 bits per heavy atom. The van der Waals surface area contributed by atoms with Crippen LogP contribution in [0, 0.1) is 11.8 Å². The Balaban J connectivity index is 2.49. The SMILES string of the molecule is NCCC#Cc1ccsc1. The number of thiophene rings is 1. The average molecular weight is 151 g/mol. The van der Waals surface area contributed by atoms with Gasteiger partial charge in [-0.3, -0.25) is 0 Å². The summed E-state index contributed by atoms with van der Waals surface area (Å²) in [6.07, 6.45) is 0.788. The molecule has 1 aromatic rings. The first kappa shape index (κ1) is 7.33. The van der Waals surface area contributed by atoms with Gasteiger partial charge >= 0.3 is 0 Å². The van der Waals surface area contributed by atoms with Crippen LogP contribution in [0.1, 0.15) is 12.0 Å². The molecule has 0 aliphatic heterocycles. The van der Waals surface area contributed by atoms with Gasteiger partial charge in [-0.05, 0) is 11.4 Å². The first-order chi connectivity index (χ1) is 4.93. The molecule has 0 spiro atoms. The summed E-state index contributed by atoms with van der Waals surface area (Å²) in [5, 5.41) is 4.05. The van der Waals surface area contributed by atoms with Crippen molar-refractivity contribution in [2.75, 3.05) is 6.54 Å². The van der Waals surface area contributed by atoms with Gasteiger partial charge in [-0.1, -0.05) is 11.8 Å². The summed E-state index contributed by atoms with van der Waals surface area (Å²) >= 11 is 1.66. The Morgan fingerprint density at radius 3 is 3.10 bits per heavy atom. The molecule has 0 aliphatic carbocycles. The fraction of sp³-hybridized carbons (Fsp3) is 0.250. The van der Waals surface area contributed by atoms with Crippen LogP contribution in [0.25, 0.3) is 0 Å². The molecular weight excluding hydrogens is 142 g/mol. The van der Waals surface area contributed by atoms with Gasteiger partial charge in [0.05, 0.1) is 0 Å². The maximum Gasteiger partial charge on any atom is 0.0352 e. The minimum absolute atomic E-state index is 0.650. The fourth-order valence-corrected chi connectivity index (χ4v) is 1.16. The van der Waals surface area contributed by atoms with Gasteiger partial charge in [0.2, 0.25) is 0 Å². The van der Waals surface area contributed by atoms with Crippen LogP contribution in [0.3, 0.4) is 0 Å². The minimum Gasteiger partial charge on any atom is -0.330 e. The molecule has 0 unspecified atom stereocenters. The topological polar surface area (TPSA) is 26.0 Å². The van der Waals surface area contributed by atoms with E-state index in [9.17, 15) is 0 Å². The van der Waals surface area contributed by atoms with Gasteiger partial charge in [0.15, 0.2) is 0 Å². The molecular formula is C8H9NS. The molecule has 0 saturated carbocycles. The summed E-state index contributed by atoms with van der Waals surface area (Å²) in [7, 11) is 0. The zero-order valence-electron chi connectivity index (χ0n) is 5.63. The highest BCUT2D eigenvalue weighted by Gasteiger charge is 1.81. The molecule has 0 aliphatic rings. The Kier molecular flexibility index (Phi) is 3.01. The molecule has 0 saturated heterocycles. The molecule has 2 N–H and O–H groups in total. The Bertz CT molecular complexity index is 228. The van der Waals surface area contributed by atoms with E-state index in [0.29, 0.717) is 6.54 Å². The monoisotopic (exact) mass is 151 g/mol. The summed E-state index contributed by atoms with van der Waals surface area (Å²) in [6.45, 7) is 0.650. The van der Waals surface area contributed by atoms with Crippen LogP contribution in [0.5, 0.6) is 0 Å². The standard InChI is InChI=1S/C8H9NS/c9-5-2-1-3-8-4-6-10-7-8/h4,6-7H,2,5,9H2. The van der Waals surface area contributed by atoms with Gasteiger partial charge in [0.25, 0.3) is 0 Å². The molecule has 1 aromatic heterocycles. The first-order valence-corrected chi connectivity index (χ1v) is 4.09. The van der Waals surface area contributed by atoms with Crippen LogP contribution < -0.4 is 5.73 Å². The second kappa shape index (κ2) is 4.10. The highest BCUT2D eigenvalue weighted by Crippen LogP contribution is 2.02. The quantitative estimate of drug-likeness (QED) is 0.604. The summed E-state index contributed by atoms with van der Waals surface area (Å²) in [4.78, 5) is 0. The van der Waals surface area contributed by atoms with Crippen LogP contribution in [0.2, 0.25) is 0 Å². The average Bonchev–Trinajstić information content (AvgIpc) is 2.41. The van der Waals surface area contributed by atoms with Gasteiger partial charge in [-0.25, -0.2) is 0 Å². The molecule has 0 aromatic carbocycles. The van der Waals surface area contributed by atoms with Gasteiger partial charge in [-0.15, -0.1) is 0 Å². The van der Waals surface area contributed by atoms with Crippen LogP contribution in [-0.4, -0.2) is 6.54 Å². The van der Waals surface area contributed by atoms with E-state index in [1.54, 1.807) is 11.3 Å². The molecule has 0 bridgehead atoms. The fourth-order valence-electron chi connectivity index (χ4n) is 0.572. The number of nitrogens with two attached hydrogens (primary N) is 1. The van der Waals surface area contributed by atoms with E-state index in [0.717, 1.165) is 12.0 Å². The molecule has 1 nitrogen and oxygen atoms in total. The largest absolute Gasteiger partial charge is 0.330 e. The predicted octanol–water partition coefficient (Wildman–Crippen LogP) is 1.45. The van der Waals surface area contributed by atoms with Crippen molar-refractivity contribution in [1.29, 1.82) is 0 Å². The van der Waals surface area contributed by atoms with Gasteiger partial charge in [-0.2, -0.15) is 11.3 Å². The van der Waals surface area contributed by atoms with Gasteiger partial charge < -0.3 is 5.73 Å². The lowest BCUT2D eigenvalue weighted by Gasteiger charge is -1.77. The van der Waals surface area contributed by atoms with E-state index in [1.807, 2.05) is 16.8 Å². The molecule has 1 rings (SSSR count). The summed E-state index contributed by atoms with van der Waals surface area (Å²) in [5.74, 6) is 5.98. The number of rotatable bonds is 1. The van der Waals surface area contributed by atoms with Crippen molar-refractivity contribution < 1.29 is 0 Å². The summed E-state index contributed by atoms with van der Waals surface area (Å²) < 4.78 is 0. The highest BCUT2D eigenvalue weighted by molar-refractivity contribution is 7.08. The molecule has 0 amide bonds. The Hall–Kier alpha value is -0.780. The smallest absolute Gasteiger partial charge is 0.0352 e. The van der Waals surface area contributed by atoms with Crippen molar-refractivity contribution in [3.63, 3.8) is 0 Å². The summed E-state index contributed by atoms with van der Waals surface area (Å²) in [5.41, 5.74) is 6.36. The Morgan fingerprint density at radius 2 is 2.50 bits per heavy atom. The lowest BCUT2D eigenvalue weighted by molar-refractivity contribution is 1.03. The molecule has 0 radical (unpaired) electrons. The third-order valence-electron chi connectivity index (χ3n) is 1.02. The second-order valence-corrected chi connectivity index (χ2v) is 2.63. The van der Waals surface area contributed by atoms with Crippen molar-refractivity contribution in [3.05, 3.63) is 22.4 Å². The molecule has 52 valence electrons. The van der Waals surface area contributed by atoms with E-state index < -0.39 is 0 Å². The maximum atomic E-state index is 5.27. The lowest BCUT2D eigenvalue weighted by Crippen LogP contribution is -1.95. The van der Waals surface area contributed by atoms with E-state index >= 15 is 0 Å². The zero-order chi connectivity index (χ0) is 7.23. The normalized spacial score (nSPS) is 8.50. The second-order valence-electron chi connectivity index (χ2n) is 1.85. The molecule has 0 atom stereocenters. The van der Waals surface area contributed by atoms with E-state index in [-0.39, 0.29) is 0 Å². The van der Waals surface area contributed by atoms with Gasteiger partial charge in [0, 0.05) is 23.9 Å². The first-order valence-electron chi connectivity index (χ1n) is 3.14. The van der Waals surface area contributed by atoms with Crippen molar-refractivity contribution in [2.45, 2.75) is 6.42 Å². The van der Waals surface area contributed by atoms with Crippen LogP contribution in [0.4, 0.5) is 0 Å². The molecule has 10 heavy (non-hydrogen) atoms. The summed E-state index contributed by atoms with van der Waals surface area (Å²) in [6, 6.07) is 2.01. The Labute approximate surface area is 64.9 Å². The van der Waals surface area contributed by atoms with Crippen LogP contribution in [-0.2, 0) is 0 Å².